The van der Waals surface area contributed by atoms with Gasteiger partial charge in [-0.15, -0.1) is 0 Å². The van der Waals surface area contributed by atoms with E-state index in [9.17, 15) is 0 Å². The maximum absolute atomic E-state index is 5.02. The van der Waals surface area contributed by atoms with Crippen molar-refractivity contribution in [3.8, 4) is 0 Å². The Hall–Kier alpha value is -1.03. The van der Waals surface area contributed by atoms with Crippen LogP contribution in [0.4, 0.5) is 5.95 Å². The topological polar surface area (TPSA) is 39.1 Å². The number of methoxy groups -OCH3 is 1. The van der Waals surface area contributed by atoms with Crippen molar-refractivity contribution in [1.29, 1.82) is 0 Å². The van der Waals surface area contributed by atoms with Gasteiger partial charge in [-0.05, 0) is 5.92 Å². The SMILES string of the molecule is COCCn1ccnc1NCC(C)C. The molecule has 4 heteroatoms. The van der Waals surface area contributed by atoms with Crippen molar-refractivity contribution in [3.63, 3.8) is 0 Å². The van der Waals surface area contributed by atoms with E-state index >= 15 is 0 Å². The molecule has 14 heavy (non-hydrogen) atoms. The van der Waals surface area contributed by atoms with Crippen molar-refractivity contribution in [1.82, 2.24) is 9.55 Å². The summed E-state index contributed by atoms with van der Waals surface area (Å²) in [6, 6.07) is 0. The molecule has 4 nitrogen and oxygen atoms in total. The zero-order valence-electron chi connectivity index (χ0n) is 9.16. The largest absolute Gasteiger partial charge is 0.383 e. The van der Waals surface area contributed by atoms with Gasteiger partial charge in [0.25, 0.3) is 0 Å². The summed E-state index contributed by atoms with van der Waals surface area (Å²) < 4.78 is 7.08. The second kappa shape index (κ2) is 5.65. The molecule has 1 heterocycles. The van der Waals surface area contributed by atoms with Crippen LogP contribution in [0.5, 0.6) is 0 Å². The van der Waals surface area contributed by atoms with E-state index in [0.717, 1.165) is 19.0 Å². The van der Waals surface area contributed by atoms with Crippen LogP contribution in [0.1, 0.15) is 13.8 Å². The molecule has 1 aromatic rings. The minimum atomic E-state index is 0.627. The Balaban J connectivity index is 2.45. The van der Waals surface area contributed by atoms with E-state index in [4.69, 9.17) is 4.74 Å². The predicted octanol–water partition coefficient (Wildman–Crippen LogP) is 1.60. The third-order valence-corrected chi connectivity index (χ3v) is 1.92. The van der Waals surface area contributed by atoms with Crippen LogP contribution in [-0.2, 0) is 11.3 Å². The lowest BCUT2D eigenvalue weighted by atomic mass is 10.2. The molecule has 0 bridgehead atoms. The number of anilines is 1. The summed E-state index contributed by atoms with van der Waals surface area (Å²) in [5.74, 6) is 1.55. The molecule has 1 aromatic heterocycles. The smallest absolute Gasteiger partial charge is 0.202 e. The number of aromatic nitrogens is 2. The Kier molecular flexibility index (Phi) is 4.46. The molecule has 0 fully saturated rings. The van der Waals surface area contributed by atoms with Crippen LogP contribution in [-0.4, -0.2) is 29.8 Å². The van der Waals surface area contributed by atoms with Gasteiger partial charge < -0.3 is 14.6 Å². The molecule has 0 saturated carbocycles. The van der Waals surface area contributed by atoms with Crippen LogP contribution < -0.4 is 5.32 Å². The highest BCUT2D eigenvalue weighted by atomic mass is 16.5. The molecule has 0 amide bonds. The van der Waals surface area contributed by atoms with E-state index in [1.54, 1.807) is 13.3 Å². The zero-order valence-corrected chi connectivity index (χ0v) is 9.16. The molecule has 0 unspecified atom stereocenters. The number of nitrogens with zero attached hydrogens (tertiary/aromatic N) is 2. The maximum Gasteiger partial charge on any atom is 0.202 e. The Morgan fingerprint density at radius 2 is 2.36 bits per heavy atom. The molecule has 0 aliphatic rings. The van der Waals surface area contributed by atoms with Gasteiger partial charge in [0.05, 0.1) is 6.61 Å². The first-order valence-electron chi connectivity index (χ1n) is 4.98. The van der Waals surface area contributed by atoms with Gasteiger partial charge in [-0.2, -0.15) is 0 Å². The van der Waals surface area contributed by atoms with Crippen molar-refractivity contribution in [2.24, 2.45) is 5.92 Å². The fourth-order valence-electron chi connectivity index (χ4n) is 1.14. The Morgan fingerprint density at radius 1 is 1.57 bits per heavy atom. The summed E-state index contributed by atoms with van der Waals surface area (Å²) in [7, 11) is 1.71. The lowest BCUT2D eigenvalue weighted by Gasteiger charge is -2.10. The Labute approximate surface area is 85.3 Å². The van der Waals surface area contributed by atoms with Crippen LogP contribution in [0.25, 0.3) is 0 Å². The first kappa shape index (κ1) is 11.0. The first-order valence-corrected chi connectivity index (χ1v) is 4.98. The molecule has 1 rings (SSSR count). The number of hydrogen-bond donors (Lipinski definition) is 1. The van der Waals surface area contributed by atoms with Gasteiger partial charge >= 0.3 is 0 Å². The Bertz CT molecular complexity index is 258. The average Bonchev–Trinajstić information content (AvgIpc) is 2.58. The summed E-state index contributed by atoms with van der Waals surface area (Å²) in [5, 5.41) is 3.30. The van der Waals surface area contributed by atoms with Crippen molar-refractivity contribution < 1.29 is 4.74 Å². The van der Waals surface area contributed by atoms with E-state index in [0.29, 0.717) is 12.5 Å². The van der Waals surface area contributed by atoms with Gasteiger partial charge in [-0.25, -0.2) is 4.98 Å². The van der Waals surface area contributed by atoms with Gasteiger partial charge in [-0.3, -0.25) is 0 Å². The summed E-state index contributed by atoms with van der Waals surface area (Å²) in [6.07, 6.45) is 3.76. The third kappa shape index (κ3) is 3.38. The van der Waals surface area contributed by atoms with Crippen LogP contribution >= 0.6 is 0 Å². The first-order chi connectivity index (χ1) is 6.74. The highest BCUT2D eigenvalue weighted by Crippen LogP contribution is 2.05. The molecule has 0 saturated heterocycles. The molecule has 0 spiro atoms. The van der Waals surface area contributed by atoms with Crippen molar-refractivity contribution in [2.75, 3.05) is 25.6 Å². The molecule has 0 radical (unpaired) electrons. The highest BCUT2D eigenvalue weighted by molar-refractivity contribution is 5.25. The third-order valence-electron chi connectivity index (χ3n) is 1.92. The van der Waals surface area contributed by atoms with Gasteiger partial charge in [0.1, 0.15) is 0 Å². The lowest BCUT2D eigenvalue weighted by Crippen LogP contribution is -2.14. The maximum atomic E-state index is 5.02. The van der Waals surface area contributed by atoms with Crippen molar-refractivity contribution in [3.05, 3.63) is 12.4 Å². The summed E-state index contributed by atoms with van der Waals surface area (Å²) >= 11 is 0. The van der Waals surface area contributed by atoms with E-state index < -0.39 is 0 Å². The van der Waals surface area contributed by atoms with Gasteiger partial charge in [-0.1, -0.05) is 13.8 Å². The number of nitrogens with one attached hydrogen (secondary N) is 1. The van der Waals surface area contributed by atoms with E-state index in [1.165, 1.54) is 0 Å². The van der Waals surface area contributed by atoms with Crippen LogP contribution in [0, 0.1) is 5.92 Å². The summed E-state index contributed by atoms with van der Waals surface area (Å²) in [4.78, 5) is 4.24. The van der Waals surface area contributed by atoms with E-state index in [2.05, 4.69) is 28.7 Å². The van der Waals surface area contributed by atoms with E-state index in [1.807, 2.05) is 6.20 Å². The number of imidazole rings is 1. The van der Waals surface area contributed by atoms with Crippen LogP contribution in [0.15, 0.2) is 12.4 Å². The lowest BCUT2D eigenvalue weighted by molar-refractivity contribution is 0.187. The fourth-order valence-corrected chi connectivity index (χ4v) is 1.14. The minimum absolute atomic E-state index is 0.627. The monoisotopic (exact) mass is 197 g/mol. The van der Waals surface area contributed by atoms with Crippen LogP contribution in [0.3, 0.4) is 0 Å². The van der Waals surface area contributed by atoms with Crippen molar-refractivity contribution >= 4 is 5.95 Å². The minimum Gasteiger partial charge on any atom is -0.383 e. The molecule has 0 atom stereocenters. The molecule has 1 N–H and O–H groups in total. The second-order valence-electron chi connectivity index (χ2n) is 3.71. The molecule has 0 aromatic carbocycles. The van der Waals surface area contributed by atoms with E-state index in [-0.39, 0.29) is 0 Å². The van der Waals surface area contributed by atoms with Crippen LogP contribution in [0.2, 0.25) is 0 Å². The fraction of sp³-hybridized carbons (Fsp3) is 0.700. The Morgan fingerprint density at radius 3 is 3.00 bits per heavy atom. The molecule has 80 valence electrons. The summed E-state index contributed by atoms with van der Waals surface area (Å²) in [5.41, 5.74) is 0. The number of hydrogen-bond acceptors (Lipinski definition) is 3. The molecular weight excluding hydrogens is 178 g/mol. The van der Waals surface area contributed by atoms with Gasteiger partial charge in [0.2, 0.25) is 5.95 Å². The molecular formula is C10H19N3O. The molecule has 0 aliphatic heterocycles. The standard InChI is InChI=1S/C10H19N3O/c1-9(2)8-12-10-11-4-5-13(10)6-7-14-3/h4-5,9H,6-8H2,1-3H3,(H,11,12). The highest BCUT2D eigenvalue weighted by Gasteiger charge is 2.01. The van der Waals surface area contributed by atoms with Gasteiger partial charge in [0, 0.05) is 32.6 Å². The average molecular weight is 197 g/mol. The van der Waals surface area contributed by atoms with Crippen molar-refractivity contribution in [2.45, 2.75) is 20.4 Å². The zero-order chi connectivity index (χ0) is 10.4. The summed E-state index contributed by atoms with van der Waals surface area (Å²) in [6.45, 7) is 6.86. The number of ether oxygens (including phenoxy) is 1. The van der Waals surface area contributed by atoms with Gasteiger partial charge in [0.15, 0.2) is 0 Å². The normalized spacial score (nSPS) is 10.9. The quantitative estimate of drug-likeness (QED) is 0.753. The number of rotatable bonds is 6. The second-order valence-corrected chi connectivity index (χ2v) is 3.71. The predicted molar refractivity (Wildman–Crippen MR) is 57.4 cm³/mol. The molecule has 0 aliphatic carbocycles.